The van der Waals surface area contributed by atoms with E-state index in [1.165, 1.54) is 70.6 Å². The molecule has 0 fully saturated rings. The second-order valence-corrected chi connectivity index (χ2v) is 5.61. The third-order valence-electron chi connectivity index (χ3n) is 3.77. The van der Waals surface area contributed by atoms with Crippen LogP contribution in [0.25, 0.3) is 0 Å². The lowest BCUT2D eigenvalue weighted by Crippen LogP contribution is -2.09. The molecular formula is C16H32N4. The van der Waals surface area contributed by atoms with Crippen LogP contribution in [0.4, 0.5) is 0 Å². The first-order valence-corrected chi connectivity index (χ1v) is 8.45. The van der Waals surface area contributed by atoms with E-state index in [4.69, 9.17) is 0 Å². The number of nitrogens with zero attached hydrogens (tertiary/aromatic N) is 3. The van der Waals surface area contributed by atoms with Gasteiger partial charge in [-0.05, 0) is 6.42 Å². The molecule has 1 aromatic heterocycles. The molecule has 0 radical (unpaired) electrons. The van der Waals surface area contributed by atoms with Crippen molar-refractivity contribution in [3.05, 3.63) is 12.2 Å². The molecule has 0 unspecified atom stereocenters. The Labute approximate surface area is 124 Å². The lowest BCUT2D eigenvalue weighted by atomic mass is 10.1. The van der Waals surface area contributed by atoms with Gasteiger partial charge in [0.05, 0.1) is 0 Å². The molecule has 0 amide bonds. The highest BCUT2D eigenvalue weighted by Gasteiger charge is 1.99. The van der Waals surface area contributed by atoms with Crippen molar-refractivity contribution in [2.24, 2.45) is 0 Å². The van der Waals surface area contributed by atoms with E-state index in [9.17, 15) is 0 Å². The molecule has 1 aromatic rings. The first-order chi connectivity index (χ1) is 9.86. The maximum absolute atomic E-state index is 4.31. The van der Waals surface area contributed by atoms with Crippen LogP contribution in [0.3, 0.4) is 0 Å². The second-order valence-electron chi connectivity index (χ2n) is 5.61. The number of hydrogen-bond donors (Lipinski definition) is 1. The van der Waals surface area contributed by atoms with Gasteiger partial charge < -0.3 is 5.43 Å². The van der Waals surface area contributed by atoms with Gasteiger partial charge in [0.25, 0.3) is 0 Å². The summed E-state index contributed by atoms with van der Waals surface area (Å²) in [6.45, 7) is 2.28. The van der Waals surface area contributed by atoms with Crippen LogP contribution in [0.1, 0.15) is 83.4 Å². The average molecular weight is 280 g/mol. The van der Waals surface area contributed by atoms with Crippen LogP contribution in [-0.2, 0) is 6.42 Å². The lowest BCUT2D eigenvalue weighted by molar-refractivity contribution is 0.547. The third-order valence-corrected chi connectivity index (χ3v) is 3.77. The normalized spacial score (nSPS) is 10.9. The second kappa shape index (κ2) is 11.7. The van der Waals surface area contributed by atoms with Crippen LogP contribution in [0, 0.1) is 0 Å². The molecule has 0 aliphatic rings. The summed E-state index contributed by atoms with van der Waals surface area (Å²) >= 11 is 0. The standard InChI is InChI=1S/C16H32N4/c1-3-4-5-6-7-8-9-10-11-12-13-14-16-18-15-20(17-2)19-16/h15,17H,3-14H2,1-2H3. The Morgan fingerprint density at radius 1 is 0.900 bits per heavy atom. The Morgan fingerprint density at radius 3 is 1.95 bits per heavy atom. The molecule has 0 spiro atoms. The third kappa shape index (κ3) is 8.18. The molecule has 4 nitrogen and oxygen atoms in total. The molecule has 1 rings (SSSR count). The van der Waals surface area contributed by atoms with E-state index in [2.05, 4.69) is 22.4 Å². The molecule has 0 aliphatic carbocycles. The Bertz CT molecular complexity index is 322. The van der Waals surface area contributed by atoms with Gasteiger partial charge in [-0.2, -0.15) is 4.79 Å². The van der Waals surface area contributed by atoms with Gasteiger partial charge in [0.2, 0.25) is 0 Å². The predicted molar refractivity (Wildman–Crippen MR) is 85.5 cm³/mol. The fraction of sp³-hybridized carbons (Fsp3) is 0.875. The van der Waals surface area contributed by atoms with Crippen molar-refractivity contribution in [2.75, 3.05) is 12.5 Å². The molecule has 0 aliphatic heterocycles. The Hall–Kier alpha value is -1.06. The molecule has 4 heteroatoms. The largest absolute Gasteiger partial charge is 0.312 e. The highest BCUT2D eigenvalue weighted by atomic mass is 15.6. The van der Waals surface area contributed by atoms with E-state index in [1.807, 2.05) is 7.05 Å². The Kier molecular flexibility index (Phi) is 9.98. The van der Waals surface area contributed by atoms with Crippen LogP contribution in [0.5, 0.6) is 0 Å². The zero-order valence-corrected chi connectivity index (χ0v) is 13.4. The van der Waals surface area contributed by atoms with Crippen LogP contribution < -0.4 is 5.43 Å². The number of aryl methyl sites for hydroxylation is 1. The predicted octanol–water partition coefficient (Wildman–Crippen LogP) is 4.30. The van der Waals surface area contributed by atoms with Gasteiger partial charge in [-0.25, -0.2) is 4.98 Å². The minimum Gasteiger partial charge on any atom is -0.312 e. The van der Waals surface area contributed by atoms with Crippen molar-refractivity contribution in [1.29, 1.82) is 0 Å². The summed E-state index contributed by atoms with van der Waals surface area (Å²) in [4.78, 5) is 5.92. The van der Waals surface area contributed by atoms with E-state index in [-0.39, 0.29) is 0 Å². The number of rotatable bonds is 13. The molecular weight excluding hydrogens is 248 g/mol. The Balaban J connectivity index is 1.83. The van der Waals surface area contributed by atoms with Gasteiger partial charge in [-0.1, -0.05) is 71.1 Å². The number of unbranched alkanes of at least 4 members (excludes halogenated alkanes) is 10. The Morgan fingerprint density at radius 2 is 1.45 bits per heavy atom. The molecule has 116 valence electrons. The van der Waals surface area contributed by atoms with Gasteiger partial charge >= 0.3 is 0 Å². The van der Waals surface area contributed by atoms with Crippen LogP contribution in [0.15, 0.2) is 6.33 Å². The van der Waals surface area contributed by atoms with Gasteiger partial charge in [0.15, 0.2) is 5.82 Å². The SMILES string of the molecule is CCCCCCCCCCCCCc1ncn(NC)n1. The molecule has 0 saturated carbocycles. The van der Waals surface area contributed by atoms with Crippen molar-refractivity contribution in [1.82, 2.24) is 14.9 Å². The average Bonchev–Trinajstić information content (AvgIpc) is 2.93. The zero-order chi connectivity index (χ0) is 14.5. The fourth-order valence-electron chi connectivity index (χ4n) is 2.47. The molecule has 1 N–H and O–H groups in total. The molecule has 0 aromatic carbocycles. The summed E-state index contributed by atoms with van der Waals surface area (Å²) in [7, 11) is 1.85. The van der Waals surface area contributed by atoms with E-state index in [1.54, 1.807) is 11.1 Å². The maximum atomic E-state index is 4.31. The fourth-order valence-corrected chi connectivity index (χ4v) is 2.47. The first kappa shape index (κ1) is 17.0. The molecule has 0 bridgehead atoms. The molecule has 0 saturated heterocycles. The summed E-state index contributed by atoms with van der Waals surface area (Å²) < 4.78 is 0. The summed E-state index contributed by atoms with van der Waals surface area (Å²) in [6.07, 6.45) is 17.9. The monoisotopic (exact) mass is 280 g/mol. The van der Waals surface area contributed by atoms with E-state index in [0.717, 1.165) is 12.2 Å². The molecule has 1 heterocycles. The number of nitrogens with one attached hydrogen (secondary N) is 1. The maximum Gasteiger partial charge on any atom is 0.152 e. The van der Waals surface area contributed by atoms with Crippen molar-refractivity contribution in [3.8, 4) is 0 Å². The summed E-state index contributed by atoms with van der Waals surface area (Å²) in [6, 6.07) is 0. The molecule has 20 heavy (non-hydrogen) atoms. The number of hydrogen-bond acceptors (Lipinski definition) is 3. The zero-order valence-electron chi connectivity index (χ0n) is 13.4. The highest BCUT2D eigenvalue weighted by Crippen LogP contribution is 2.11. The first-order valence-electron chi connectivity index (χ1n) is 8.45. The summed E-state index contributed by atoms with van der Waals surface area (Å²) in [5.74, 6) is 0.954. The smallest absolute Gasteiger partial charge is 0.152 e. The van der Waals surface area contributed by atoms with Crippen LogP contribution in [0.2, 0.25) is 0 Å². The van der Waals surface area contributed by atoms with Crippen molar-refractivity contribution in [2.45, 2.75) is 84.0 Å². The van der Waals surface area contributed by atoms with Gasteiger partial charge in [0.1, 0.15) is 6.33 Å². The quantitative estimate of drug-likeness (QED) is 0.548. The topological polar surface area (TPSA) is 42.7 Å². The van der Waals surface area contributed by atoms with Gasteiger partial charge in [-0.3, -0.25) is 0 Å². The van der Waals surface area contributed by atoms with Crippen molar-refractivity contribution in [3.63, 3.8) is 0 Å². The van der Waals surface area contributed by atoms with Gasteiger partial charge in [0, 0.05) is 13.5 Å². The van der Waals surface area contributed by atoms with E-state index in [0.29, 0.717) is 0 Å². The summed E-state index contributed by atoms with van der Waals surface area (Å²) in [5.41, 5.74) is 2.93. The summed E-state index contributed by atoms with van der Waals surface area (Å²) in [5, 5.41) is 4.31. The minimum atomic E-state index is 0.954. The van der Waals surface area contributed by atoms with Crippen molar-refractivity contribution < 1.29 is 0 Å². The van der Waals surface area contributed by atoms with Gasteiger partial charge in [-0.15, -0.1) is 5.10 Å². The van der Waals surface area contributed by atoms with Crippen molar-refractivity contribution >= 4 is 0 Å². The van der Waals surface area contributed by atoms with Crippen LogP contribution >= 0.6 is 0 Å². The molecule has 0 atom stereocenters. The highest BCUT2D eigenvalue weighted by molar-refractivity contribution is 4.82. The van der Waals surface area contributed by atoms with E-state index >= 15 is 0 Å². The minimum absolute atomic E-state index is 0.954. The van der Waals surface area contributed by atoms with Crippen LogP contribution in [-0.4, -0.2) is 21.9 Å². The lowest BCUT2D eigenvalue weighted by Gasteiger charge is -2.02. The van der Waals surface area contributed by atoms with E-state index < -0.39 is 0 Å². The number of aromatic nitrogens is 3.